The molecule has 0 saturated carbocycles. The van der Waals surface area contributed by atoms with Crippen LogP contribution in [0.3, 0.4) is 0 Å². The lowest BCUT2D eigenvalue weighted by Gasteiger charge is -2.13. The van der Waals surface area contributed by atoms with Crippen LogP contribution in [0, 0.1) is 6.92 Å². The maximum atomic E-state index is 11.6. The molecule has 18 heavy (non-hydrogen) atoms. The van der Waals surface area contributed by atoms with Crippen LogP contribution < -0.4 is 5.56 Å². The van der Waals surface area contributed by atoms with Gasteiger partial charge < -0.3 is 0 Å². The summed E-state index contributed by atoms with van der Waals surface area (Å²) in [5.41, 5.74) is 0.741. The van der Waals surface area contributed by atoms with E-state index in [0.717, 1.165) is 0 Å². The minimum atomic E-state index is -2.42. The summed E-state index contributed by atoms with van der Waals surface area (Å²) in [5, 5.41) is 3.10. The lowest BCUT2D eigenvalue weighted by molar-refractivity contribution is 0.627. The third-order valence-corrected chi connectivity index (χ3v) is 3.96. The molecule has 1 aromatic rings. The van der Waals surface area contributed by atoms with Crippen molar-refractivity contribution in [1.82, 2.24) is 9.78 Å². The second kappa shape index (κ2) is 4.79. The van der Waals surface area contributed by atoms with Crippen molar-refractivity contribution in [3.05, 3.63) is 38.3 Å². The molecule has 8 heteroatoms. The monoisotopic (exact) mass is 306 g/mol. The van der Waals surface area contributed by atoms with Crippen LogP contribution in [0.15, 0.2) is 27.0 Å². The SMILES string of the molecule is Cc1cc(=O)n(C2=C(Cl)CC(=S(=O)=O)C(Cl)=C2)[nH]1. The molecule has 1 aromatic heterocycles. The molecule has 0 spiro atoms. The Morgan fingerprint density at radius 2 is 2.06 bits per heavy atom. The Morgan fingerprint density at radius 3 is 2.56 bits per heavy atom. The average molecular weight is 307 g/mol. The Kier molecular flexibility index (Phi) is 3.52. The van der Waals surface area contributed by atoms with E-state index in [0.29, 0.717) is 11.4 Å². The van der Waals surface area contributed by atoms with Gasteiger partial charge in [-0.25, -0.2) is 4.68 Å². The summed E-state index contributed by atoms with van der Waals surface area (Å²) < 4.78 is 23.0. The highest BCUT2D eigenvalue weighted by molar-refractivity contribution is 7.73. The maximum Gasteiger partial charge on any atom is 0.271 e. The van der Waals surface area contributed by atoms with E-state index in [1.54, 1.807) is 6.92 Å². The molecule has 1 aliphatic carbocycles. The summed E-state index contributed by atoms with van der Waals surface area (Å²) in [6.45, 7) is 1.73. The third kappa shape index (κ3) is 2.31. The third-order valence-electron chi connectivity index (χ3n) is 2.41. The first kappa shape index (κ1) is 13.2. The zero-order valence-corrected chi connectivity index (χ0v) is 11.5. The molecule has 96 valence electrons. The van der Waals surface area contributed by atoms with E-state index in [4.69, 9.17) is 23.2 Å². The van der Waals surface area contributed by atoms with Gasteiger partial charge in [0.15, 0.2) is 0 Å². The highest BCUT2D eigenvalue weighted by Crippen LogP contribution is 2.28. The quantitative estimate of drug-likeness (QED) is 0.799. The number of nitrogens with zero attached hydrogens (tertiary/aromatic N) is 1. The lowest BCUT2D eigenvalue weighted by Crippen LogP contribution is -2.18. The summed E-state index contributed by atoms with van der Waals surface area (Å²) in [7, 11) is -2.42. The lowest BCUT2D eigenvalue weighted by atomic mass is 10.1. The van der Waals surface area contributed by atoms with Crippen molar-refractivity contribution < 1.29 is 8.42 Å². The summed E-state index contributed by atoms with van der Waals surface area (Å²) in [5.74, 6) is 0. The largest absolute Gasteiger partial charge is 0.295 e. The van der Waals surface area contributed by atoms with E-state index < -0.39 is 10.3 Å². The molecule has 0 unspecified atom stereocenters. The van der Waals surface area contributed by atoms with Crippen LogP contribution in [0.5, 0.6) is 0 Å². The van der Waals surface area contributed by atoms with Gasteiger partial charge in [-0.3, -0.25) is 9.89 Å². The Hall–Kier alpha value is -1.24. The molecule has 0 saturated heterocycles. The van der Waals surface area contributed by atoms with Crippen LogP contribution in [0.4, 0.5) is 0 Å². The van der Waals surface area contributed by atoms with Crippen LogP contribution in [-0.2, 0) is 10.3 Å². The Labute approximate surface area is 114 Å². The highest BCUT2D eigenvalue weighted by atomic mass is 35.5. The first-order valence-corrected chi connectivity index (χ1v) is 6.73. The molecule has 1 aliphatic rings. The fraction of sp³-hybridized carbons (Fsp3) is 0.200. The standard InChI is InChI=1S/C10H8Cl2N2O3S/c1-5-2-10(15)14(13-5)8-3-7(12)9(18(16)17)4-6(8)11/h2-3,13H,4H2,1H3. The number of allylic oxidation sites excluding steroid dienone is 4. The Balaban J connectivity index is 2.62. The molecule has 0 amide bonds. The summed E-state index contributed by atoms with van der Waals surface area (Å²) >= 11 is 11.9. The molecule has 1 N–H and O–H groups in total. The number of aromatic amines is 1. The van der Waals surface area contributed by atoms with Gasteiger partial charge in [-0.05, 0) is 13.0 Å². The van der Waals surface area contributed by atoms with Crippen LogP contribution in [0.1, 0.15) is 12.1 Å². The Morgan fingerprint density at radius 1 is 1.39 bits per heavy atom. The molecule has 0 aromatic carbocycles. The number of aromatic nitrogens is 2. The predicted molar refractivity (Wildman–Crippen MR) is 71.3 cm³/mol. The summed E-state index contributed by atoms with van der Waals surface area (Å²) in [4.78, 5) is 11.7. The second-order valence-electron chi connectivity index (χ2n) is 3.73. The molecule has 0 fully saturated rings. The number of nitrogens with one attached hydrogen (secondary N) is 1. The molecule has 0 bridgehead atoms. The van der Waals surface area contributed by atoms with Gasteiger partial charge in [-0.1, -0.05) is 23.2 Å². The van der Waals surface area contributed by atoms with Crippen molar-refractivity contribution in [2.75, 3.05) is 0 Å². The number of aryl methyl sites for hydroxylation is 1. The summed E-state index contributed by atoms with van der Waals surface area (Å²) in [6, 6.07) is 1.41. The molecular weight excluding hydrogens is 299 g/mol. The fourth-order valence-corrected chi connectivity index (χ4v) is 2.80. The minimum Gasteiger partial charge on any atom is -0.295 e. The maximum absolute atomic E-state index is 11.6. The van der Waals surface area contributed by atoms with E-state index in [9.17, 15) is 13.2 Å². The first-order chi connectivity index (χ1) is 8.40. The highest BCUT2D eigenvalue weighted by Gasteiger charge is 2.20. The van der Waals surface area contributed by atoms with Crippen molar-refractivity contribution >= 4 is 44.1 Å². The van der Waals surface area contributed by atoms with Gasteiger partial charge in [0.2, 0.25) is 10.3 Å². The van der Waals surface area contributed by atoms with E-state index in [2.05, 4.69) is 5.10 Å². The van der Waals surface area contributed by atoms with E-state index >= 15 is 0 Å². The van der Waals surface area contributed by atoms with E-state index in [1.165, 1.54) is 16.8 Å². The van der Waals surface area contributed by atoms with Crippen LogP contribution >= 0.6 is 23.2 Å². The fourth-order valence-electron chi connectivity index (χ4n) is 1.61. The van der Waals surface area contributed by atoms with Gasteiger partial charge in [0.05, 0.1) is 15.6 Å². The summed E-state index contributed by atoms with van der Waals surface area (Å²) in [6.07, 6.45) is 1.34. The van der Waals surface area contributed by atoms with Crippen LogP contribution in [-0.4, -0.2) is 23.1 Å². The van der Waals surface area contributed by atoms with E-state index in [1.807, 2.05) is 0 Å². The number of hydrogen-bond acceptors (Lipinski definition) is 3. The molecule has 0 radical (unpaired) electrons. The van der Waals surface area contributed by atoms with Crippen molar-refractivity contribution in [2.45, 2.75) is 13.3 Å². The number of halogens is 2. The molecule has 5 nitrogen and oxygen atoms in total. The molecule has 2 rings (SSSR count). The smallest absolute Gasteiger partial charge is 0.271 e. The number of hydrogen-bond donors (Lipinski definition) is 1. The predicted octanol–water partition coefficient (Wildman–Crippen LogP) is 1.47. The number of H-pyrrole nitrogens is 1. The van der Waals surface area contributed by atoms with Gasteiger partial charge in [0.25, 0.3) is 5.56 Å². The van der Waals surface area contributed by atoms with Crippen molar-refractivity contribution in [2.24, 2.45) is 0 Å². The van der Waals surface area contributed by atoms with Gasteiger partial charge in [-0.2, -0.15) is 8.42 Å². The van der Waals surface area contributed by atoms with Crippen molar-refractivity contribution in [3.8, 4) is 0 Å². The van der Waals surface area contributed by atoms with Crippen LogP contribution in [0.2, 0.25) is 0 Å². The zero-order valence-electron chi connectivity index (χ0n) is 9.20. The number of rotatable bonds is 1. The second-order valence-corrected chi connectivity index (χ2v) is 5.56. The van der Waals surface area contributed by atoms with Crippen molar-refractivity contribution in [3.63, 3.8) is 0 Å². The zero-order chi connectivity index (χ0) is 13.4. The topological polar surface area (TPSA) is 71.9 Å². The van der Waals surface area contributed by atoms with Gasteiger partial charge in [-0.15, -0.1) is 0 Å². The normalized spacial score (nSPS) is 15.9. The molecular formula is C10H8Cl2N2O3S. The molecule has 0 aliphatic heterocycles. The first-order valence-electron chi connectivity index (χ1n) is 4.90. The van der Waals surface area contributed by atoms with Gasteiger partial charge in [0.1, 0.15) is 0 Å². The van der Waals surface area contributed by atoms with Crippen molar-refractivity contribution in [1.29, 1.82) is 0 Å². The minimum absolute atomic E-state index is 0.0155. The molecule has 0 atom stereocenters. The van der Waals surface area contributed by atoms with Crippen LogP contribution in [0.25, 0.3) is 5.70 Å². The Bertz CT molecular complexity index is 757. The molecule has 1 heterocycles. The van der Waals surface area contributed by atoms with E-state index in [-0.39, 0.29) is 26.9 Å². The average Bonchev–Trinajstić information content (AvgIpc) is 2.60. The van der Waals surface area contributed by atoms with Gasteiger partial charge in [0, 0.05) is 23.2 Å². The van der Waals surface area contributed by atoms with Gasteiger partial charge >= 0.3 is 0 Å².